The van der Waals surface area contributed by atoms with E-state index in [0.29, 0.717) is 5.56 Å². The molecule has 5 nitrogen and oxygen atoms in total. The van der Waals surface area contributed by atoms with Gasteiger partial charge in [0, 0.05) is 11.4 Å². The summed E-state index contributed by atoms with van der Waals surface area (Å²) in [4.78, 5) is -0.284. The molecule has 1 aromatic carbocycles. The summed E-state index contributed by atoms with van der Waals surface area (Å²) in [6, 6.07) is 2.34. The van der Waals surface area contributed by atoms with Crippen molar-refractivity contribution in [2.24, 2.45) is 0 Å². The van der Waals surface area contributed by atoms with Gasteiger partial charge in [0.05, 0.1) is 4.90 Å². The molecule has 1 aromatic rings. The molecule has 0 bridgehead atoms. The van der Waals surface area contributed by atoms with Crippen LogP contribution in [-0.4, -0.2) is 13.0 Å². The van der Waals surface area contributed by atoms with Crippen LogP contribution in [0.1, 0.15) is 6.99 Å². The molecule has 0 saturated carbocycles. The fourth-order valence-electron chi connectivity index (χ4n) is 0.880. The van der Waals surface area contributed by atoms with Crippen LogP contribution in [0, 0.1) is 6.92 Å². The third-order valence-corrected chi connectivity index (χ3v) is 2.59. The normalized spacial score (nSPS) is 10.7. The average Bonchev–Trinajstić information content (AvgIpc) is 1.97. The van der Waals surface area contributed by atoms with Gasteiger partial charge in [0.15, 0.2) is 0 Å². The van der Waals surface area contributed by atoms with Crippen molar-refractivity contribution in [1.82, 2.24) is 0 Å². The van der Waals surface area contributed by atoms with Crippen molar-refractivity contribution in [3.8, 4) is 0 Å². The quantitative estimate of drug-likeness (QED) is 0.279. The Kier molecular flexibility index (Phi) is 4.41. The number of hydrogen-bond acceptors (Lipinski definition) is 4. The minimum Gasteiger partial charge on any atom is -1.00 e. The molecular formula is C7H11N2NaO3S. The van der Waals surface area contributed by atoms with Crippen molar-refractivity contribution in [3.63, 3.8) is 0 Å². The van der Waals surface area contributed by atoms with E-state index in [-0.39, 0.29) is 47.3 Å². The third kappa shape index (κ3) is 2.86. The van der Waals surface area contributed by atoms with Crippen LogP contribution in [0.15, 0.2) is 17.0 Å². The summed E-state index contributed by atoms with van der Waals surface area (Å²) in [5, 5.41) is 0. The van der Waals surface area contributed by atoms with Gasteiger partial charge in [-0.25, -0.2) is 0 Å². The number of rotatable bonds is 1. The topological polar surface area (TPSA) is 106 Å². The minimum atomic E-state index is -4.22. The Morgan fingerprint density at radius 3 is 1.93 bits per heavy atom. The van der Waals surface area contributed by atoms with Crippen molar-refractivity contribution in [2.75, 3.05) is 11.5 Å². The molecule has 0 fully saturated rings. The van der Waals surface area contributed by atoms with Crippen LogP contribution in [0.4, 0.5) is 11.4 Å². The molecule has 7 heteroatoms. The molecule has 5 N–H and O–H groups in total. The maximum absolute atomic E-state index is 10.7. The van der Waals surface area contributed by atoms with Crippen molar-refractivity contribution in [2.45, 2.75) is 11.8 Å². The zero-order valence-corrected chi connectivity index (χ0v) is 10.8. The molecule has 14 heavy (non-hydrogen) atoms. The van der Waals surface area contributed by atoms with Crippen LogP contribution in [-0.2, 0) is 10.1 Å². The summed E-state index contributed by atoms with van der Waals surface area (Å²) in [6.07, 6.45) is 0. The van der Waals surface area contributed by atoms with E-state index >= 15 is 0 Å². The van der Waals surface area contributed by atoms with Gasteiger partial charge < -0.3 is 12.9 Å². The number of benzene rings is 1. The molecule has 0 radical (unpaired) electrons. The first-order valence-corrected chi connectivity index (χ1v) is 4.89. The first kappa shape index (κ1) is 13.7. The molecular weight excluding hydrogens is 215 g/mol. The molecule has 1 rings (SSSR count). The van der Waals surface area contributed by atoms with Crippen LogP contribution in [0.25, 0.3) is 0 Å². The van der Waals surface area contributed by atoms with Gasteiger partial charge >= 0.3 is 29.6 Å². The van der Waals surface area contributed by atoms with E-state index < -0.39 is 10.1 Å². The number of nitrogen functional groups attached to an aromatic ring is 2. The van der Waals surface area contributed by atoms with Gasteiger partial charge in [0.25, 0.3) is 10.1 Å². The maximum atomic E-state index is 10.7. The Hall–Kier alpha value is -0.270. The van der Waals surface area contributed by atoms with Gasteiger partial charge in [0.1, 0.15) is 0 Å². The van der Waals surface area contributed by atoms with E-state index in [1.165, 1.54) is 12.1 Å². The van der Waals surface area contributed by atoms with Crippen molar-refractivity contribution < 1.29 is 44.0 Å². The van der Waals surface area contributed by atoms with Gasteiger partial charge in [0.2, 0.25) is 0 Å². The fourth-order valence-corrected chi connectivity index (χ4v) is 1.43. The van der Waals surface area contributed by atoms with Crippen LogP contribution >= 0.6 is 0 Å². The smallest absolute Gasteiger partial charge is 1.00 e. The van der Waals surface area contributed by atoms with Crippen LogP contribution in [0.5, 0.6) is 0 Å². The molecule has 0 amide bonds. The van der Waals surface area contributed by atoms with Gasteiger partial charge in [-0.1, -0.05) is 0 Å². The second-order valence-corrected chi connectivity index (χ2v) is 4.12. The first-order chi connectivity index (χ1) is 5.82. The Morgan fingerprint density at radius 2 is 1.64 bits per heavy atom. The summed E-state index contributed by atoms with van der Waals surface area (Å²) in [6.45, 7) is 1.67. The summed E-state index contributed by atoms with van der Waals surface area (Å²) in [7, 11) is -4.22. The standard InChI is InChI=1S/C7H10N2O3S.Na.H/c1-4-6(8)2-5(3-7(4)9)13(10,11)12;;/h2-3H,8-9H2,1H3,(H,10,11,12);;/q;+1;-1. The summed E-state index contributed by atoms with van der Waals surface area (Å²) >= 11 is 0. The van der Waals surface area contributed by atoms with E-state index in [0.717, 1.165) is 0 Å². The van der Waals surface area contributed by atoms with E-state index in [2.05, 4.69) is 0 Å². The van der Waals surface area contributed by atoms with Crippen LogP contribution in [0.3, 0.4) is 0 Å². The number of hydrogen-bond donors (Lipinski definition) is 3. The van der Waals surface area contributed by atoms with Gasteiger partial charge in [-0.15, -0.1) is 0 Å². The zero-order valence-electron chi connectivity index (χ0n) is 8.98. The second-order valence-electron chi connectivity index (χ2n) is 2.70. The zero-order chi connectivity index (χ0) is 10.2. The molecule has 0 aliphatic carbocycles. The fraction of sp³-hybridized carbons (Fsp3) is 0.143. The Bertz CT molecular complexity index is 427. The second kappa shape index (κ2) is 4.50. The third-order valence-electron chi connectivity index (χ3n) is 1.76. The molecule has 74 valence electrons. The predicted octanol–water partition coefficient (Wildman–Crippen LogP) is -2.48. The average molecular weight is 226 g/mol. The Labute approximate surface area is 106 Å². The molecule has 0 spiro atoms. The van der Waals surface area contributed by atoms with Gasteiger partial charge in [-0.05, 0) is 24.6 Å². The Morgan fingerprint density at radius 1 is 1.29 bits per heavy atom. The van der Waals surface area contributed by atoms with Crippen molar-refractivity contribution in [3.05, 3.63) is 17.7 Å². The van der Waals surface area contributed by atoms with E-state index in [4.69, 9.17) is 16.0 Å². The summed E-state index contributed by atoms with van der Waals surface area (Å²) in [5.74, 6) is 0. The molecule has 0 atom stereocenters. The van der Waals surface area contributed by atoms with Crippen molar-refractivity contribution >= 4 is 21.5 Å². The Balaban J connectivity index is 0. The van der Waals surface area contributed by atoms with Gasteiger partial charge in [-0.2, -0.15) is 8.42 Å². The molecule has 0 aliphatic rings. The van der Waals surface area contributed by atoms with Crippen LogP contribution < -0.4 is 41.0 Å². The largest absolute Gasteiger partial charge is 1.00 e. The summed E-state index contributed by atoms with van der Waals surface area (Å²) < 4.78 is 30.1. The minimum absolute atomic E-state index is 0. The maximum Gasteiger partial charge on any atom is 1.00 e. The molecule has 0 aromatic heterocycles. The van der Waals surface area contributed by atoms with E-state index in [1.807, 2.05) is 0 Å². The van der Waals surface area contributed by atoms with Crippen LogP contribution in [0.2, 0.25) is 0 Å². The molecule has 0 aliphatic heterocycles. The summed E-state index contributed by atoms with van der Waals surface area (Å²) in [5.41, 5.74) is 12.0. The van der Waals surface area contributed by atoms with Gasteiger partial charge in [-0.3, -0.25) is 4.55 Å². The number of anilines is 2. The molecule has 0 saturated heterocycles. The monoisotopic (exact) mass is 226 g/mol. The first-order valence-electron chi connectivity index (χ1n) is 3.45. The molecule has 0 heterocycles. The van der Waals surface area contributed by atoms with E-state index in [9.17, 15) is 8.42 Å². The molecule has 0 unspecified atom stereocenters. The number of nitrogens with two attached hydrogens (primary N) is 2. The SMILES string of the molecule is Cc1c(N)cc(S(=O)(=O)O)cc1N.[H-].[Na+]. The van der Waals surface area contributed by atoms with E-state index in [1.54, 1.807) is 6.92 Å². The van der Waals surface area contributed by atoms with Crippen molar-refractivity contribution in [1.29, 1.82) is 0 Å². The predicted molar refractivity (Wildman–Crippen MR) is 50.9 cm³/mol.